The quantitative estimate of drug-likeness (QED) is 0.536. The molecule has 6 heteroatoms. The summed E-state index contributed by atoms with van der Waals surface area (Å²) in [5.41, 5.74) is 2.65. The van der Waals surface area contributed by atoms with Crippen molar-refractivity contribution >= 4 is 11.8 Å². The topological polar surface area (TPSA) is 53.5 Å². The van der Waals surface area contributed by atoms with E-state index in [4.69, 9.17) is 0 Å². The first kappa shape index (κ1) is 22.4. The van der Waals surface area contributed by atoms with Gasteiger partial charge in [-0.15, -0.1) is 6.58 Å². The van der Waals surface area contributed by atoms with Gasteiger partial charge in [0.05, 0.1) is 5.92 Å². The van der Waals surface area contributed by atoms with E-state index in [1.807, 2.05) is 24.3 Å². The third-order valence-corrected chi connectivity index (χ3v) is 5.88. The Balaban J connectivity index is 1.55. The van der Waals surface area contributed by atoms with Gasteiger partial charge in [-0.3, -0.25) is 14.6 Å². The number of hydrogen-bond donors (Lipinski definition) is 0. The molecule has 0 unspecified atom stereocenters. The second-order valence-electron chi connectivity index (χ2n) is 8.12. The van der Waals surface area contributed by atoms with Gasteiger partial charge in [-0.05, 0) is 35.7 Å². The molecule has 2 heterocycles. The van der Waals surface area contributed by atoms with Crippen molar-refractivity contribution in [1.29, 1.82) is 0 Å². The van der Waals surface area contributed by atoms with Gasteiger partial charge in [0, 0.05) is 37.9 Å². The molecule has 1 aliphatic heterocycles. The van der Waals surface area contributed by atoms with E-state index in [0.29, 0.717) is 43.9 Å². The lowest BCUT2D eigenvalue weighted by atomic mass is 9.95. The van der Waals surface area contributed by atoms with Crippen LogP contribution in [0.5, 0.6) is 0 Å². The van der Waals surface area contributed by atoms with Crippen LogP contribution in [0.2, 0.25) is 0 Å². The summed E-state index contributed by atoms with van der Waals surface area (Å²) in [7, 11) is 0. The molecule has 5 nitrogen and oxygen atoms in total. The van der Waals surface area contributed by atoms with Crippen molar-refractivity contribution < 1.29 is 14.0 Å². The zero-order valence-electron chi connectivity index (χ0n) is 18.4. The monoisotopic (exact) mass is 443 g/mol. The van der Waals surface area contributed by atoms with Crippen molar-refractivity contribution in [3.8, 4) is 11.1 Å². The van der Waals surface area contributed by atoms with Gasteiger partial charge in [0.2, 0.25) is 5.91 Å². The van der Waals surface area contributed by atoms with Gasteiger partial charge in [0.25, 0.3) is 5.91 Å². The van der Waals surface area contributed by atoms with Gasteiger partial charge in [-0.2, -0.15) is 0 Å². The maximum absolute atomic E-state index is 14.1. The Bertz CT molecular complexity index is 1130. The van der Waals surface area contributed by atoms with E-state index in [-0.39, 0.29) is 23.5 Å². The van der Waals surface area contributed by atoms with Crippen molar-refractivity contribution in [3.05, 3.63) is 103 Å². The first-order valence-electron chi connectivity index (χ1n) is 11.0. The Kier molecular flexibility index (Phi) is 6.93. The number of amides is 2. The van der Waals surface area contributed by atoms with Gasteiger partial charge in [-0.25, -0.2) is 4.39 Å². The van der Waals surface area contributed by atoms with Crippen LogP contribution in [0.4, 0.5) is 4.39 Å². The third kappa shape index (κ3) is 5.17. The summed E-state index contributed by atoms with van der Waals surface area (Å²) < 4.78 is 14.1. The molecule has 0 radical (unpaired) electrons. The minimum absolute atomic E-state index is 0.00408. The van der Waals surface area contributed by atoms with Gasteiger partial charge in [0.15, 0.2) is 0 Å². The molecule has 2 aromatic carbocycles. The molecule has 168 valence electrons. The van der Waals surface area contributed by atoms with E-state index in [1.165, 1.54) is 6.07 Å². The Morgan fingerprint density at radius 1 is 1.06 bits per heavy atom. The fourth-order valence-electron chi connectivity index (χ4n) is 4.17. The molecule has 0 aliphatic carbocycles. The van der Waals surface area contributed by atoms with E-state index in [0.717, 1.165) is 11.1 Å². The molecule has 0 bridgehead atoms. The molecule has 2 amide bonds. The third-order valence-electron chi connectivity index (χ3n) is 5.88. The Labute approximate surface area is 193 Å². The minimum atomic E-state index is -0.389. The van der Waals surface area contributed by atoms with Crippen molar-refractivity contribution in [2.75, 3.05) is 26.2 Å². The highest BCUT2D eigenvalue weighted by Gasteiger charge is 2.32. The van der Waals surface area contributed by atoms with E-state index in [1.54, 1.807) is 58.5 Å². The SMILES string of the molecule is C=CCN1CCN(C(=O)c2ccccn2)C[C@H](Cc2ccc(-c3ccccc3F)cc2)C1=O. The normalized spacial score (nSPS) is 16.4. The van der Waals surface area contributed by atoms with Gasteiger partial charge in [0.1, 0.15) is 11.5 Å². The number of carbonyl (C=O) groups excluding carboxylic acids is 2. The van der Waals surface area contributed by atoms with Crippen LogP contribution in [0.25, 0.3) is 11.1 Å². The van der Waals surface area contributed by atoms with Crippen LogP contribution < -0.4 is 0 Å². The van der Waals surface area contributed by atoms with Crippen LogP contribution in [-0.2, 0) is 11.2 Å². The summed E-state index contributed by atoms with van der Waals surface area (Å²) in [5, 5.41) is 0. The molecule has 1 fully saturated rings. The number of aromatic nitrogens is 1. The number of nitrogens with zero attached hydrogens (tertiary/aromatic N) is 3. The van der Waals surface area contributed by atoms with E-state index < -0.39 is 0 Å². The first-order valence-corrected chi connectivity index (χ1v) is 11.0. The maximum Gasteiger partial charge on any atom is 0.272 e. The van der Waals surface area contributed by atoms with Crippen molar-refractivity contribution in [2.24, 2.45) is 5.92 Å². The predicted molar refractivity (Wildman–Crippen MR) is 126 cm³/mol. The number of pyridine rings is 1. The van der Waals surface area contributed by atoms with E-state index in [9.17, 15) is 14.0 Å². The maximum atomic E-state index is 14.1. The minimum Gasteiger partial charge on any atom is -0.337 e. The summed E-state index contributed by atoms with van der Waals surface area (Å²) in [6.45, 7) is 5.41. The second-order valence-corrected chi connectivity index (χ2v) is 8.12. The van der Waals surface area contributed by atoms with Crippen LogP contribution in [0.15, 0.2) is 85.6 Å². The van der Waals surface area contributed by atoms with Gasteiger partial charge >= 0.3 is 0 Å². The summed E-state index contributed by atoms with van der Waals surface area (Å²) in [6, 6.07) is 19.5. The molecule has 0 spiro atoms. The average Bonchev–Trinajstić information content (AvgIpc) is 3.00. The second kappa shape index (κ2) is 10.2. The number of halogens is 1. The van der Waals surface area contributed by atoms with Crippen molar-refractivity contribution in [1.82, 2.24) is 14.8 Å². The lowest BCUT2D eigenvalue weighted by Crippen LogP contribution is -2.38. The summed E-state index contributed by atoms with van der Waals surface area (Å²) in [4.78, 5) is 33.9. The Morgan fingerprint density at radius 2 is 1.82 bits per heavy atom. The fourth-order valence-corrected chi connectivity index (χ4v) is 4.17. The van der Waals surface area contributed by atoms with Crippen LogP contribution in [0.1, 0.15) is 16.1 Å². The molecule has 1 aromatic heterocycles. The smallest absolute Gasteiger partial charge is 0.272 e. The van der Waals surface area contributed by atoms with Crippen molar-refractivity contribution in [2.45, 2.75) is 6.42 Å². The fraction of sp³-hybridized carbons (Fsp3) is 0.222. The van der Waals surface area contributed by atoms with Crippen LogP contribution >= 0.6 is 0 Å². The summed E-state index contributed by atoms with van der Waals surface area (Å²) in [5.74, 6) is -0.833. The van der Waals surface area contributed by atoms with Gasteiger partial charge in [-0.1, -0.05) is 54.6 Å². The summed E-state index contributed by atoms with van der Waals surface area (Å²) >= 11 is 0. The molecule has 1 aliphatic rings. The number of hydrogen-bond acceptors (Lipinski definition) is 3. The zero-order valence-corrected chi connectivity index (χ0v) is 18.4. The molecule has 3 aromatic rings. The molecule has 0 saturated carbocycles. The highest BCUT2D eigenvalue weighted by atomic mass is 19.1. The van der Waals surface area contributed by atoms with E-state index >= 15 is 0 Å². The standard InChI is InChI=1S/C27H26FN3O2/c1-2-15-30-16-17-31(27(33)25-9-5-6-14-29-25)19-22(26(30)32)18-20-10-12-21(13-11-20)23-7-3-4-8-24(23)28/h2-14,22H,1,15-19H2/t22-/m0/s1. The molecule has 33 heavy (non-hydrogen) atoms. The molecular formula is C27H26FN3O2. The molecule has 0 N–H and O–H groups in total. The Morgan fingerprint density at radius 3 is 2.52 bits per heavy atom. The van der Waals surface area contributed by atoms with Crippen LogP contribution in [0.3, 0.4) is 0 Å². The zero-order chi connectivity index (χ0) is 23.2. The molecule has 1 atom stereocenters. The van der Waals surface area contributed by atoms with Crippen LogP contribution in [0, 0.1) is 11.7 Å². The largest absolute Gasteiger partial charge is 0.337 e. The molecular weight excluding hydrogens is 417 g/mol. The van der Waals surface area contributed by atoms with Gasteiger partial charge < -0.3 is 9.80 Å². The highest BCUT2D eigenvalue weighted by Crippen LogP contribution is 2.24. The highest BCUT2D eigenvalue weighted by molar-refractivity contribution is 5.93. The number of carbonyl (C=O) groups is 2. The average molecular weight is 444 g/mol. The lowest BCUT2D eigenvalue weighted by molar-refractivity contribution is -0.134. The number of benzene rings is 2. The predicted octanol–water partition coefficient (Wildman–Crippen LogP) is 4.22. The first-order chi connectivity index (χ1) is 16.1. The lowest BCUT2D eigenvalue weighted by Gasteiger charge is -2.23. The van der Waals surface area contributed by atoms with E-state index in [2.05, 4.69) is 11.6 Å². The number of rotatable bonds is 6. The molecule has 1 saturated heterocycles. The molecule has 4 rings (SSSR count). The summed E-state index contributed by atoms with van der Waals surface area (Å²) in [6.07, 6.45) is 3.78. The Hall–Kier alpha value is -3.80. The van der Waals surface area contributed by atoms with Crippen molar-refractivity contribution in [3.63, 3.8) is 0 Å². The van der Waals surface area contributed by atoms with Crippen LogP contribution in [-0.4, -0.2) is 52.8 Å².